The van der Waals surface area contributed by atoms with Crippen LogP contribution in [0.25, 0.3) is 0 Å². The van der Waals surface area contributed by atoms with E-state index < -0.39 is 0 Å². The van der Waals surface area contributed by atoms with E-state index in [9.17, 15) is 9.59 Å². The first-order valence-corrected chi connectivity index (χ1v) is 9.02. The van der Waals surface area contributed by atoms with Crippen LogP contribution in [0.15, 0.2) is 28.7 Å². The van der Waals surface area contributed by atoms with Crippen molar-refractivity contribution in [3.63, 3.8) is 0 Å². The van der Waals surface area contributed by atoms with E-state index in [-0.39, 0.29) is 30.3 Å². The Morgan fingerprint density at radius 3 is 2.62 bits per heavy atom. The number of nitrogens with zero attached hydrogens (tertiary/aromatic N) is 1. The molecule has 2 aliphatic heterocycles. The average molecular weight is 417 g/mol. The highest BCUT2D eigenvalue weighted by molar-refractivity contribution is 9.10. The molecule has 2 amide bonds. The molecule has 5 nitrogen and oxygen atoms in total. The number of hydrogen-bond acceptors (Lipinski definition) is 3. The molecule has 1 aromatic carbocycles. The number of rotatable bonds is 4. The second-order valence-corrected chi connectivity index (χ2v) is 7.12. The predicted molar refractivity (Wildman–Crippen MR) is 99.5 cm³/mol. The molecule has 7 heteroatoms. The lowest BCUT2D eigenvalue weighted by molar-refractivity contribution is -0.124. The summed E-state index contributed by atoms with van der Waals surface area (Å²) in [6, 6.07) is 7.32. The molecule has 0 spiro atoms. The van der Waals surface area contributed by atoms with Crippen molar-refractivity contribution < 1.29 is 9.59 Å². The first kappa shape index (κ1) is 19.2. The predicted octanol–water partition coefficient (Wildman–Crippen LogP) is 2.34. The number of carbonyl (C=O) groups is 2. The highest BCUT2D eigenvalue weighted by atomic mass is 79.9. The van der Waals surface area contributed by atoms with Gasteiger partial charge in [-0.05, 0) is 56.5 Å². The Hall–Kier alpha value is -1.11. The molecular formula is C17H23BrClN3O2. The Labute approximate surface area is 157 Å². The van der Waals surface area contributed by atoms with Gasteiger partial charge in [-0.3, -0.25) is 9.59 Å². The number of amides is 2. The molecule has 2 aliphatic rings. The number of halogens is 2. The summed E-state index contributed by atoms with van der Waals surface area (Å²) in [5.41, 5.74) is 0.630. The van der Waals surface area contributed by atoms with E-state index >= 15 is 0 Å². The molecule has 2 atom stereocenters. The Morgan fingerprint density at radius 1 is 1.21 bits per heavy atom. The Balaban J connectivity index is 0.00000208. The second kappa shape index (κ2) is 8.83. The topological polar surface area (TPSA) is 61.4 Å². The van der Waals surface area contributed by atoms with Gasteiger partial charge in [0.05, 0.1) is 0 Å². The number of likely N-dealkylation sites (tertiary alicyclic amines) is 1. The molecule has 0 aliphatic carbocycles. The number of hydrogen-bond donors (Lipinski definition) is 2. The molecule has 24 heavy (non-hydrogen) atoms. The average Bonchev–Trinajstić information content (AvgIpc) is 3.24. The van der Waals surface area contributed by atoms with Crippen molar-refractivity contribution in [3.8, 4) is 0 Å². The van der Waals surface area contributed by atoms with E-state index in [1.54, 1.807) is 17.0 Å². The van der Waals surface area contributed by atoms with E-state index in [1.807, 2.05) is 12.1 Å². The second-order valence-electron chi connectivity index (χ2n) is 6.20. The SMILES string of the molecule is Cl.O=C(NCC1CCCN1)C1CCCN1C(=O)c1ccc(Br)cc1. The van der Waals surface area contributed by atoms with Gasteiger partial charge in [0.2, 0.25) is 5.91 Å². The summed E-state index contributed by atoms with van der Waals surface area (Å²) in [4.78, 5) is 26.8. The van der Waals surface area contributed by atoms with Gasteiger partial charge in [0.25, 0.3) is 5.91 Å². The van der Waals surface area contributed by atoms with E-state index in [1.165, 1.54) is 0 Å². The zero-order valence-electron chi connectivity index (χ0n) is 13.5. The smallest absolute Gasteiger partial charge is 0.254 e. The fraction of sp³-hybridized carbons (Fsp3) is 0.529. The molecule has 0 aromatic heterocycles. The van der Waals surface area contributed by atoms with E-state index in [0.29, 0.717) is 24.7 Å². The van der Waals surface area contributed by atoms with E-state index in [0.717, 1.165) is 36.7 Å². The van der Waals surface area contributed by atoms with Crippen LogP contribution in [0.5, 0.6) is 0 Å². The summed E-state index contributed by atoms with van der Waals surface area (Å²) in [7, 11) is 0. The van der Waals surface area contributed by atoms with Crippen molar-refractivity contribution in [1.29, 1.82) is 0 Å². The van der Waals surface area contributed by atoms with Crippen molar-refractivity contribution in [1.82, 2.24) is 15.5 Å². The lowest BCUT2D eigenvalue weighted by Crippen LogP contribution is -2.48. The summed E-state index contributed by atoms with van der Waals surface area (Å²) < 4.78 is 0.939. The minimum atomic E-state index is -0.340. The fourth-order valence-corrected chi connectivity index (χ4v) is 3.58. The van der Waals surface area contributed by atoms with Crippen molar-refractivity contribution >= 4 is 40.2 Å². The standard InChI is InChI=1S/C17H22BrN3O2.ClH/c18-13-7-5-12(6-8-13)17(23)21-10-2-4-15(21)16(22)20-11-14-3-1-9-19-14;/h5-8,14-15,19H,1-4,9-11H2,(H,20,22);1H. The molecule has 2 unspecified atom stereocenters. The van der Waals surface area contributed by atoms with Gasteiger partial charge >= 0.3 is 0 Å². The maximum absolute atomic E-state index is 12.7. The third kappa shape index (κ3) is 4.49. The van der Waals surface area contributed by atoms with Gasteiger partial charge in [-0.2, -0.15) is 0 Å². The van der Waals surface area contributed by atoms with Crippen LogP contribution in [0.2, 0.25) is 0 Å². The lowest BCUT2D eigenvalue weighted by atomic mass is 10.1. The molecule has 0 bridgehead atoms. The monoisotopic (exact) mass is 415 g/mol. The zero-order valence-corrected chi connectivity index (χ0v) is 15.9. The number of carbonyl (C=O) groups excluding carboxylic acids is 2. The zero-order chi connectivity index (χ0) is 16.2. The van der Waals surface area contributed by atoms with E-state index in [4.69, 9.17) is 0 Å². The van der Waals surface area contributed by atoms with Gasteiger partial charge in [0, 0.05) is 29.2 Å². The molecule has 3 rings (SSSR count). The van der Waals surface area contributed by atoms with Crippen molar-refractivity contribution in [2.24, 2.45) is 0 Å². The quantitative estimate of drug-likeness (QED) is 0.792. The molecule has 1 aromatic rings. The Morgan fingerprint density at radius 2 is 1.96 bits per heavy atom. The first-order valence-electron chi connectivity index (χ1n) is 8.23. The fourth-order valence-electron chi connectivity index (χ4n) is 3.31. The molecule has 2 heterocycles. The summed E-state index contributed by atoms with van der Waals surface area (Å²) in [6.45, 7) is 2.32. The maximum atomic E-state index is 12.7. The molecule has 2 saturated heterocycles. The normalized spacial score (nSPS) is 23.0. The van der Waals surface area contributed by atoms with Gasteiger partial charge in [-0.1, -0.05) is 15.9 Å². The number of nitrogens with one attached hydrogen (secondary N) is 2. The van der Waals surface area contributed by atoms with Crippen LogP contribution in [0.1, 0.15) is 36.0 Å². The molecule has 132 valence electrons. The van der Waals surface area contributed by atoms with Crippen LogP contribution >= 0.6 is 28.3 Å². The van der Waals surface area contributed by atoms with Gasteiger partial charge < -0.3 is 15.5 Å². The van der Waals surface area contributed by atoms with Crippen molar-refractivity contribution in [2.75, 3.05) is 19.6 Å². The van der Waals surface area contributed by atoms with Gasteiger partial charge in [-0.15, -0.1) is 12.4 Å². The van der Waals surface area contributed by atoms with E-state index in [2.05, 4.69) is 26.6 Å². The Bertz CT molecular complexity index is 576. The maximum Gasteiger partial charge on any atom is 0.254 e. The number of benzene rings is 1. The van der Waals surface area contributed by atoms with Crippen LogP contribution < -0.4 is 10.6 Å². The first-order chi connectivity index (χ1) is 11.1. The Kier molecular flexibility index (Phi) is 7.07. The van der Waals surface area contributed by atoms with Crippen LogP contribution in [0.4, 0.5) is 0 Å². The summed E-state index contributed by atoms with van der Waals surface area (Å²) in [5.74, 6) is -0.0872. The molecule has 2 fully saturated rings. The summed E-state index contributed by atoms with van der Waals surface area (Å²) in [6.07, 6.45) is 3.89. The van der Waals surface area contributed by atoms with Crippen LogP contribution in [-0.4, -0.2) is 48.4 Å². The molecule has 0 saturated carbocycles. The van der Waals surface area contributed by atoms with Crippen molar-refractivity contribution in [3.05, 3.63) is 34.3 Å². The van der Waals surface area contributed by atoms with Gasteiger partial charge in [-0.25, -0.2) is 0 Å². The highest BCUT2D eigenvalue weighted by Crippen LogP contribution is 2.21. The largest absolute Gasteiger partial charge is 0.353 e. The van der Waals surface area contributed by atoms with Crippen molar-refractivity contribution in [2.45, 2.75) is 37.8 Å². The molecule has 2 N–H and O–H groups in total. The van der Waals surface area contributed by atoms with Crippen LogP contribution in [-0.2, 0) is 4.79 Å². The third-order valence-corrected chi connectivity index (χ3v) is 5.12. The van der Waals surface area contributed by atoms with Gasteiger partial charge in [0.15, 0.2) is 0 Å². The lowest BCUT2D eigenvalue weighted by Gasteiger charge is -2.24. The summed E-state index contributed by atoms with van der Waals surface area (Å²) >= 11 is 3.37. The van der Waals surface area contributed by atoms with Gasteiger partial charge in [0.1, 0.15) is 6.04 Å². The highest BCUT2D eigenvalue weighted by Gasteiger charge is 2.34. The third-order valence-electron chi connectivity index (χ3n) is 4.59. The molecule has 0 radical (unpaired) electrons. The van der Waals surface area contributed by atoms with Crippen LogP contribution in [0, 0.1) is 0 Å². The van der Waals surface area contributed by atoms with Crippen LogP contribution in [0.3, 0.4) is 0 Å². The molecular weight excluding hydrogens is 394 g/mol. The minimum Gasteiger partial charge on any atom is -0.353 e. The summed E-state index contributed by atoms with van der Waals surface area (Å²) in [5, 5.41) is 6.38. The minimum absolute atomic E-state index is 0.